The second-order valence-electron chi connectivity index (χ2n) is 6.35. The van der Waals surface area contributed by atoms with Gasteiger partial charge in [0.1, 0.15) is 12.1 Å². The van der Waals surface area contributed by atoms with Crippen molar-refractivity contribution < 1.29 is 24.0 Å². The maximum Gasteiger partial charge on any atom is 0.363 e. The number of nitrogens with two attached hydrogens (primary N) is 2. The minimum atomic E-state index is -1.17. The number of amides is 2. The van der Waals surface area contributed by atoms with Crippen molar-refractivity contribution >= 4 is 17.8 Å². The number of hydrogen-bond donors (Lipinski definition) is 3. The molecule has 1 saturated heterocycles. The van der Waals surface area contributed by atoms with Crippen molar-refractivity contribution in [2.75, 3.05) is 6.54 Å². The molecule has 7 nitrogen and oxygen atoms in total. The van der Waals surface area contributed by atoms with Crippen molar-refractivity contribution in [3.8, 4) is 0 Å². The molecule has 130 valence electrons. The average molecular weight is 334 g/mol. The van der Waals surface area contributed by atoms with Gasteiger partial charge in [0, 0.05) is 19.3 Å². The molecule has 2 rings (SSSR count). The summed E-state index contributed by atoms with van der Waals surface area (Å²) in [5.74, 6) is -2.30. The summed E-state index contributed by atoms with van der Waals surface area (Å²) in [6.07, 6.45) is 0.981. The zero-order valence-electron chi connectivity index (χ0n) is 13.7. The summed E-state index contributed by atoms with van der Waals surface area (Å²) in [7, 11) is 0. The molecule has 5 N–H and O–H groups in total. The Labute approximate surface area is 140 Å². The standard InChI is InChI=1S/C17H23N3O4/c1-11(18)15(21)20(9-5-8-14(20)17(23)24)16(22)13(19)10-12-6-3-2-4-7-12/h2-4,6-7,11,13-14H,5,8-10,18-19H2,1H3/p+1/t11-,13-,14-,20?/m0/s1. The molecule has 0 radical (unpaired) electrons. The molecular formula is C17H24N3O4+. The van der Waals surface area contributed by atoms with Crippen LogP contribution in [0.2, 0.25) is 0 Å². The van der Waals surface area contributed by atoms with Gasteiger partial charge in [0.15, 0.2) is 0 Å². The topological polar surface area (TPSA) is 123 Å². The van der Waals surface area contributed by atoms with Crippen LogP contribution in [0, 0.1) is 0 Å². The lowest BCUT2D eigenvalue weighted by atomic mass is 10.0. The number of nitrogens with zero attached hydrogens (tertiary/aromatic N) is 1. The van der Waals surface area contributed by atoms with E-state index < -0.39 is 40.4 Å². The summed E-state index contributed by atoms with van der Waals surface area (Å²) < 4.78 is -0.777. The van der Waals surface area contributed by atoms with E-state index in [1.807, 2.05) is 30.3 Å². The number of quaternary nitrogens is 1. The number of carboxylic acid groups (broad SMARTS) is 1. The van der Waals surface area contributed by atoms with Gasteiger partial charge in [0.2, 0.25) is 6.04 Å². The Morgan fingerprint density at radius 2 is 1.83 bits per heavy atom. The molecule has 0 bridgehead atoms. The van der Waals surface area contributed by atoms with Crippen LogP contribution in [0.25, 0.3) is 0 Å². The lowest BCUT2D eigenvalue weighted by molar-refractivity contribution is -0.784. The molecule has 1 aliphatic rings. The van der Waals surface area contributed by atoms with E-state index in [2.05, 4.69) is 0 Å². The van der Waals surface area contributed by atoms with Crippen LogP contribution >= 0.6 is 0 Å². The smallest absolute Gasteiger partial charge is 0.363 e. The van der Waals surface area contributed by atoms with E-state index >= 15 is 0 Å². The summed E-state index contributed by atoms with van der Waals surface area (Å²) in [5, 5.41) is 9.50. The van der Waals surface area contributed by atoms with Crippen LogP contribution in [0.4, 0.5) is 0 Å². The van der Waals surface area contributed by atoms with E-state index in [1.54, 1.807) is 0 Å². The Bertz CT molecular complexity index is 632. The van der Waals surface area contributed by atoms with Crippen LogP contribution in [0.3, 0.4) is 0 Å². The summed E-state index contributed by atoms with van der Waals surface area (Å²) >= 11 is 0. The molecule has 4 atom stereocenters. The molecule has 1 unspecified atom stereocenters. The van der Waals surface area contributed by atoms with Crippen LogP contribution in [0.15, 0.2) is 30.3 Å². The molecule has 24 heavy (non-hydrogen) atoms. The van der Waals surface area contributed by atoms with Gasteiger partial charge >= 0.3 is 17.8 Å². The number of carbonyl (C=O) groups is 3. The van der Waals surface area contributed by atoms with Crippen molar-refractivity contribution in [3.05, 3.63) is 35.9 Å². The average Bonchev–Trinajstić information content (AvgIpc) is 3.00. The van der Waals surface area contributed by atoms with E-state index in [9.17, 15) is 19.5 Å². The minimum Gasteiger partial charge on any atom is -0.477 e. The highest BCUT2D eigenvalue weighted by Gasteiger charge is 2.59. The molecule has 7 heteroatoms. The van der Waals surface area contributed by atoms with E-state index in [1.165, 1.54) is 6.92 Å². The number of rotatable bonds is 5. The first kappa shape index (κ1) is 18.3. The van der Waals surface area contributed by atoms with Crippen molar-refractivity contribution in [1.29, 1.82) is 0 Å². The summed E-state index contributed by atoms with van der Waals surface area (Å²) in [4.78, 5) is 37.4. The normalized spacial score (nSPS) is 25.9. The van der Waals surface area contributed by atoms with E-state index in [0.29, 0.717) is 6.42 Å². The quantitative estimate of drug-likeness (QED) is 0.652. The summed E-state index contributed by atoms with van der Waals surface area (Å²) in [6.45, 7) is 1.61. The number of carbonyl (C=O) groups excluding carboxylic acids is 2. The van der Waals surface area contributed by atoms with Crippen LogP contribution < -0.4 is 11.5 Å². The van der Waals surface area contributed by atoms with E-state index in [0.717, 1.165) is 5.56 Å². The summed E-state index contributed by atoms with van der Waals surface area (Å²) in [6, 6.07) is 6.18. The van der Waals surface area contributed by atoms with Gasteiger partial charge in [-0.05, 0) is 12.5 Å². The number of likely N-dealkylation sites (tertiary alicyclic amines) is 1. The third-order valence-corrected chi connectivity index (χ3v) is 4.60. The van der Waals surface area contributed by atoms with Gasteiger partial charge in [-0.15, -0.1) is 0 Å². The first-order valence-corrected chi connectivity index (χ1v) is 8.05. The number of aliphatic carboxylic acids is 1. The fourth-order valence-corrected chi connectivity index (χ4v) is 3.47. The molecule has 0 saturated carbocycles. The zero-order chi connectivity index (χ0) is 17.9. The summed E-state index contributed by atoms with van der Waals surface area (Å²) in [5.41, 5.74) is 12.6. The number of hydrogen-bond acceptors (Lipinski definition) is 5. The van der Waals surface area contributed by atoms with Gasteiger partial charge < -0.3 is 16.6 Å². The fourth-order valence-electron chi connectivity index (χ4n) is 3.47. The Balaban J connectivity index is 2.35. The Morgan fingerprint density at radius 1 is 1.21 bits per heavy atom. The monoisotopic (exact) mass is 334 g/mol. The third-order valence-electron chi connectivity index (χ3n) is 4.60. The first-order valence-electron chi connectivity index (χ1n) is 8.05. The van der Waals surface area contributed by atoms with Crippen molar-refractivity contribution in [3.63, 3.8) is 0 Å². The maximum atomic E-state index is 13.0. The van der Waals surface area contributed by atoms with Crippen LogP contribution in [-0.2, 0) is 20.8 Å². The highest BCUT2D eigenvalue weighted by molar-refractivity contribution is 5.93. The largest absolute Gasteiger partial charge is 0.477 e. The highest BCUT2D eigenvalue weighted by atomic mass is 16.4. The third kappa shape index (κ3) is 3.24. The molecule has 0 spiro atoms. The molecule has 1 aromatic carbocycles. The van der Waals surface area contributed by atoms with Crippen molar-refractivity contribution in [1.82, 2.24) is 0 Å². The molecule has 1 heterocycles. The second kappa shape index (κ2) is 7.21. The minimum absolute atomic E-state index is 0.138. The molecule has 1 fully saturated rings. The van der Waals surface area contributed by atoms with Crippen LogP contribution in [0.1, 0.15) is 25.3 Å². The number of benzene rings is 1. The molecular weight excluding hydrogens is 310 g/mol. The van der Waals surface area contributed by atoms with Crippen LogP contribution in [0.5, 0.6) is 0 Å². The molecule has 0 aromatic heterocycles. The van der Waals surface area contributed by atoms with E-state index in [4.69, 9.17) is 11.5 Å². The van der Waals surface area contributed by atoms with Crippen LogP contribution in [-0.4, -0.2) is 52.0 Å². The Morgan fingerprint density at radius 3 is 2.38 bits per heavy atom. The SMILES string of the molecule is C[C@H](N)C(=O)[N+]1(C(=O)[C@@H](N)Cc2ccccc2)CCC[C@H]1C(=O)O. The molecule has 1 aliphatic heterocycles. The van der Waals surface area contributed by atoms with E-state index in [-0.39, 0.29) is 19.4 Å². The van der Waals surface area contributed by atoms with Gasteiger partial charge in [-0.25, -0.2) is 14.4 Å². The highest BCUT2D eigenvalue weighted by Crippen LogP contribution is 2.30. The first-order chi connectivity index (χ1) is 11.3. The van der Waals surface area contributed by atoms with Gasteiger partial charge in [-0.3, -0.25) is 0 Å². The zero-order valence-corrected chi connectivity index (χ0v) is 13.7. The molecule has 2 amide bonds. The maximum absolute atomic E-state index is 13.0. The van der Waals surface area contributed by atoms with Gasteiger partial charge in [-0.2, -0.15) is 4.48 Å². The number of carboxylic acids is 1. The Hall–Kier alpha value is -2.09. The van der Waals surface area contributed by atoms with Gasteiger partial charge in [0.25, 0.3) is 0 Å². The predicted molar refractivity (Wildman–Crippen MR) is 87.6 cm³/mol. The van der Waals surface area contributed by atoms with Crippen molar-refractivity contribution in [2.45, 2.75) is 44.3 Å². The predicted octanol–water partition coefficient (Wildman–Crippen LogP) is 0.0206. The fraction of sp³-hybridized carbons (Fsp3) is 0.471. The van der Waals surface area contributed by atoms with Crippen molar-refractivity contribution in [2.24, 2.45) is 11.5 Å². The van der Waals surface area contributed by atoms with Gasteiger partial charge in [-0.1, -0.05) is 30.3 Å². The Kier molecular flexibility index (Phi) is 5.48. The molecule has 0 aliphatic carbocycles. The molecule has 1 aromatic rings. The van der Waals surface area contributed by atoms with Gasteiger partial charge in [0.05, 0.1) is 6.54 Å². The number of imide groups is 1. The lowest BCUT2D eigenvalue weighted by Gasteiger charge is -2.35. The second-order valence-corrected chi connectivity index (χ2v) is 6.35. The lowest BCUT2D eigenvalue weighted by Crippen LogP contribution is -2.69.